The number of carbonyl (C=O) groups is 3. The summed E-state index contributed by atoms with van der Waals surface area (Å²) in [6.45, 7) is 1.96. The largest absolute Gasteiger partial charge is 0.351 e. The minimum absolute atomic E-state index is 0.00876. The molecule has 1 aromatic rings. The molecule has 0 bridgehead atoms. The first-order valence-corrected chi connectivity index (χ1v) is 11.2. The summed E-state index contributed by atoms with van der Waals surface area (Å²) in [6.07, 6.45) is 0.445. The lowest BCUT2D eigenvalue weighted by Gasteiger charge is -2.17. The van der Waals surface area contributed by atoms with Crippen molar-refractivity contribution in [2.24, 2.45) is 0 Å². The van der Waals surface area contributed by atoms with Crippen molar-refractivity contribution in [3.05, 3.63) is 35.4 Å². The highest BCUT2D eigenvalue weighted by Crippen LogP contribution is 2.23. The number of amides is 3. The fraction of sp³-hybridized carbons (Fsp3) is 0.471. The highest BCUT2D eigenvalue weighted by Gasteiger charge is 2.35. The average Bonchev–Trinajstić information content (AvgIpc) is 3.06. The number of hydrogen-bond donors (Lipinski definition) is 1. The van der Waals surface area contributed by atoms with E-state index in [1.807, 2.05) is 0 Å². The lowest BCUT2D eigenvalue weighted by molar-refractivity contribution is -0.120. The summed E-state index contributed by atoms with van der Waals surface area (Å²) < 4.78 is 22.9. The van der Waals surface area contributed by atoms with Crippen LogP contribution in [0.3, 0.4) is 0 Å². The standard InChI is InChI=1S/C17H20N2O5S2/c1-11(15(20)18-12-6-9-26(23,24)10-12)25-8-7-19-16(21)13-4-2-3-5-14(13)17(19)22/h2-5,11-12H,6-10H2,1H3,(H,18,20)/t11-,12-/m1/s1. The third-order valence-corrected chi connectivity index (χ3v) is 7.41. The number of imide groups is 1. The van der Waals surface area contributed by atoms with E-state index in [2.05, 4.69) is 5.32 Å². The maximum Gasteiger partial charge on any atom is 0.261 e. The topological polar surface area (TPSA) is 101 Å². The summed E-state index contributed by atoms with van der Waals surface area (Å²) in [5, 5.41) is 2.36. The summed E-state index contributed by atoms with van der Waals surface area (Å²) in [5.41, 5.74) is 0.825. The Hall–Kier alpha value is -1.87. The number of fused-ring (bicyclic) bond motifs is 1. The quantitative estimate of drug-likeness (QED) is 0.711. The minimum Gasteiger partial charge on any atom is -0.351 e. The molecule has 7 nitrogen and oxygen atoms in total. The van der Waals surface area contributed by atoms with E-state index in [0.29, 0.717) is 23.3 Å². The van der Waals surface area contributed by atoms with E-state index in [1.54, 1.807) is 31.2 Å². The third kappa shape index (κ3) is 3.93. The van der Waals surface area contributed by atoms with E-state index in [-0.39, 0.29) is 41.8 Å². The van der Waals surface area contributed by atoms with Crippen LogP contribution in [0.2, 0.25) is 0 Å². The summed E-state index contributed by atoms with van der Waals surface area (Å²) in [4.78, 5) is 37.9. The second-order valence-electron chi connectivity index (χ2n) is 6.43. The minimum atomic E-state index is -3.04. The van der Waals surface area contributed by atoms with Crippen molar-refractivity contribution in [2.75, 3.05) is 23.8 Å². The van der Waals surface area contributed by atoms with E-state index in [4.69, 9.17) is 0 Å². The van der Waals surface area contributed by atoms with Crippen LogP contribution < -0.4 is 5.32 Å². The fourth-order valence-corrected chi connectivity index (χ4v) is 5.60. The van der Waals surface area contributed by atoms with Gasteiger partial charge in [-0.15, -0.1) is 11.8 Å². The first kappa shape index (κ1) is 18.9. The van der Waals surface area contributed by atoms with Crippen molar-refractivity contribution >= 4 is 39.3 Å². The molecule has 2 aliphatic heterocycles. The molecule has 3 rings (SSSR count). The lowest BCUT2D eigenvalue weighted by Crippen LogP contribution is -2.40. The average molecular weight is 396 g/mol. The molecule has 2 aliphatic rings. The molecule has 2 atom stereocenters. The predicted molar refractivity (Wildman–Crippen MR) is 98.9 cm³/mol. The molecule has 0 spiro atoms. The molecule has 0 saturated carbocycles. The van der Waals surface area contributed by atoms with Crippen LogP contribution in [0.15, 0.2) is 24.3 Å². The third-order valence-electron chi connectivity index (χ3n) is 4.51. The molecule has 0 aromatic heterocycles. The van der Waals surface area contributed by atoms with Gasteiger partial charge in [-0.05, 0) is 25.5 Å². The molecule has 0 radical (unpaired) electrons. The second kappa shape index (κ2) is 7.40. The van der Waals surface area contributed by atoms with Gasteiger partial charge in [0, 0.05) is 18.3 Å². The van der Waals surface area contributed by atoms with Gasteiger partial charge in [0.05, 0.1) is 27.9 Å². The Balaban J connectivity index is 1.47. The molecular formula is C17H20N2O5S2. The van der Waals surface area contributed by atoms with Crippen LogP contribution in [-0.2, 0) is 14.6 Å². The zero-order valence-electron chi connectivity index (χ0n) is 14.3. The number of rotatable bonds is 6. The van der Waals surface area contributed by atoms with Gasteiger partial charge in [-0.3, -0.25) is 19.3 Å². The smallest absolute Gasteiger partial charge is 0.261 e. The molecule has 140 valence electrons. The monoisotopic (exact) mass is 396 g/mol. The van der Waals surface area contributed by atoms with Crippen molar-refractivity contribution in [1.82, 2.24) is 10.2 Å². The lowest BCUT2D eigenvalue weighted by atomic mass is 10.1. The van der Waals surface area contributed by atoms with E-state index in [9.17, 15) is 22.8 Å². The second-order valence-corrected chi connectivity index (χ2v) is 10.1. The summed E-state index contributed by atoms with van der Waals surface area (Å²) >= 11 is 1.33. The van der Waals surface area contributed by atoms with Crippen LogP contribution in [0.5, 0.6) is 0 Å². The molecule has 3 amide bonds. The van der Waals surface area contributed by atoms with Gasteiger partial charge in [0.15, 0.2) is 9.84 Å². The SMILES string of the molecule is C[C@@H](SCCN1C(=O)c2ccccc2C1=O)C(=O)N[C@@H]1CCS(=O)(=O)C1. The highest BCUT2D eigenvalue weighted by atomic mass is 32.2. The normalized spacial score (nSPS) is 22.3. The maximum absolute atomic E-state index is 12.3. The number of nitrogens with zero attached hydrogens (tertiary/aromatic N) is 1. The van der Waals surface area contributed by atoms with Crippen molar-refractivity contribution < 1.29 is 22.8 Å². The number of carbonyl (C=O) groups excluding carboxylic acids is 3. The Bertz CT molecular complexity index is 817. The van der Waals surface area contributed by atoms with E-state index >= 15 is 0 Å². The molecule has 0 aliphatic carbocycles. The number of hydrogen-bond acceptors (Lipinski definition) is 6. The van der Waals surface area contributed by atoms with Crippen molar-refractivity contribution in [3.63, 3.8) is 0 Å². The zero-order chi connectivity index (χ0) is 18.9. The van der Waals surface area contributed by atoms with Gasteiger partial charge in [-0.1, -0.05) is 12.1 Å². The van der Waals surface area contributed by atoms with Crippen LogP contribution in [0.25, 0.3) is 0 Å². The summed E-state index contributed by atoms with van der Waals surface area (Å²) in [7, 11) is -3.04. The maximum atomic E-state index is 12.3. The molecule has 1 aromatic carbocycles. The van der Waals surface area contributed by atoms with E-state index < -0.39 is 15.1 Å². The van der Waals surface area contributed by atoms with Crippen molar-refractivity contribution in [3.8, 4) is 0 Å². The Morgan fingerprint density at radius 1 is 1.27 bits per heavy atom. The Morgan fingerprint density at radius 3 is 2.42 bits per heavy atom. The summed E-state index contributed by atoms with van der Waals surface area (Å²) in [6, 6.07) is 6.38. The molecule has 9 heteroatoms. The molecule has 0 unspecified atom stereocenters. The molecular weight excluding hydrogens is 376 g/mol. The van der Waals surface area contributed by atoms with E-state index in [1.165, 1.54) is 16.7 Å². The van der Waals surface area contributed by atoms with Crippen LogP contribution in [0.4, 0.5) is 0 Å². The molecule has 2 heterocycles. The number of nitrogens with one attached hydrogen (secondary N) is 1. The fourth-order valence-electron chi connectivity index (χ4n) is 3.07. The number of sulfone groups is 1. The van der Waals surface area contributed by atoms with Crippen LogP contribution in [-0.4, -0.2) is 66.1 Å². The van der Waals surface area contributed by atoms with E-state index in [0.717, 1.165) is 0 Å². The van der Waals surface area contributed by atoms with Gasteiger partial charge in [-0.25, -0.2) is 8.42 Å². The van der Waals surface area contributed by atoms with Gasteiger partial charge in [0.25, 0.3) is 11.8 Å². The summed E-state index contributed by atoms with van der Waals surface area (Å²) in [5.74, 6) is -0.300. The van der Waals surface area contributed by atoms with Gasteiger partial charge < -0.3 is 5.32 Å². The van der Waals surface area contributed by atoms with Gasteiger partial charge in [0.2, 0.25) is 5.91 Å². The zero-order valence-corrected chi connectivity index (χ0v) is 15.9. The molecule has 1 saturated heterocycles. The van der Waals surface area contributed by atoms with Crippen molar-refractivity contribution in [2.45, 2.75) is 24.6 Å². The number of thioether (sulfide) groups is 1. The van der Waals surface area contributed by atoms with Crippen LogP contribution >= 0.6 is 11.8 Å². The van der Waals surface area contributed by atoms with Gasteiger partial charge in [0.1, 0.15) is 0 Å². The predicted octanol–water partition coefficient (Wildman–Crippen LogP) is 0.708. The van der Waals surface area contributed by atoms with Crippen LogP contribution in [0, 0.1) is 0 Å². The van der Waals surface area contributed by atoms with Gasteiger partial charge >= 0.3 is 0 Å². The Kier molecular flexibility index (Phi) is 5.38. The molecule has 1 fully saturated rings. The van der Waals surface area contributed by atoms with Crippen molar-refractivity contribution in [1.29, 1.82) is 0 Å². The number of benzene rings is 1. The van der Waals surface area contributed by atoms with Gasteiger partial charge in [-0.2, -0.15) is 0 Å². The van der Waals surface area contributed by atoms with Crippen LogP contribution in [0.1, 0.15) is 34.1 Å². The first-order chi connectivity index (χ1) is 12.3. The first-order valence-electron chi connectivity index (χ1n) is 8.36. The highest BCUT2D eigenvalue weighted by molar-refractivity contribution is 8.00. The molecule has 1 N–H and O–H groups in total. The Labute approximate surface area is 156 Å². The Morgan fingerprint density at radius 2 is 1.88 bits per heavy atom. The molecule has 26 heavy (non-hydrogen) atoms.